The Morgan fingerprint density at radius 2 is 1.17 bits per heavy atom. The minimum absolute atomic E-state index is 0.0932. The third-order valence-corrected chi connectivity index (χ3v) is 6.06. The number of nitrogens with zero attached hydrogens (tertiary/aromatic N) is 2. The van der Waals surface area contributed by atoms with Gasteiger partial charge in [0.25, 0.3) is 11.8 Å². The number of fused-ring (bicyclic) bond motifs is 1. The maximum Gasteiger partial charge on any atom is 0.253 e. The van der Waals surface area contributed by atoms with Gasteiger partial charge in [-0.25, -0.2) is 0 Å². The van der Waals surface area contributed by atoms with E-state index in [-0.39, 0.29) is 59.1 Å². The summed E-state index contributed by atoms with van der Waals surface area (Å²) in [5, 5.41) is 26.1. The molecule has 5 aromatic rings. The first kappa shape index (κ1) is 29.1. The zero-order valence-electron chi connectivity index (χ0n) is 22.2. The minimum Gasteiger partial charge on any atom is -0.507 e. The van der Waals surface area contributed by atoms with Crippen LogP contribution in [0.5, 0.6) is 11.5 Å². The molecule has 4 N–H and O–H groups in total. The summed E-state index contributed by atoms with van der Waals surface area (Å²) in [6, 6.07) is 23.2. The van der Waals surface area contributed by atoms with Gasteiger partial charge in [-0.2, -0.15) is 0 Å². The van der Waals surface area contributed by atoms with Gasteiger partial charge >= 0.3 is 0 Å². The van der Waals surface area contributed by atoms with Crippen LogP contribution in [0.25, 0.3) is 10.8 Å². The predicted molar refractivity (Wildman–Crippen MR) is 156 cm³/mol. The normalized spacial score (nSPS) is 10.2. The molecule has 2 heterocycles. The molecule has 0 radical (unpaired) electrons. The average molecular weight is 563 g/mol. The Morgan fingerprint density at radius 3 is 1.76 bits per heavy atom. The smallest absolute Gasteiger partial charge is 0.253 e. The van der Waals surface area contributed by atoms with Gasteiger partial charge in [0.1, 0.15) is 11.5 Å². The van der Waals surface area contributed by atoms with E-state index in [0.29, 0.717) is 16.5 Å². The van der Waals surface area contributed by atoms with E-state index in [1.165, 1.54) is 30.6 Å². The van der Waals surface area contributed by atoms with E-state index in [1.54, 1.807) is 67.0 Å². The maximum absolute atomic E-state index is 12.4. The highest BCUT2D eigenvalue weighted by Crippen LogP contribution is 2.27. The molecule has 10 nitrogen and oxygen atoms in total. The van der Waals surface area contributed by atoms with Crippen molar-refractivity contribution in [2.45, 2.75) is 0 Å². The number of pyridine rings is 2. The second-order valence-electron chi connectivity index (χ2n) is 8.89. The Morgan fingerprint density at radius 1 is 0.595 bits per heavy atom. The van der Waals surface area contributed by atoms with Crippen molar-refractivity contribution in [3.8, 4) is 11.5 Å². The summed E-state index contributed by atoms with van der Waals surface area (Å²) in [6.07, 6.45) is 5.97. The first-order valence-corrected chi connectivity index (χ1v) is 12.8. The number of carbonyl (C=O) groups is 4. The first-order valence-electron chi connectivity index (χ1n) is 12.8. The zero-order chi connectivity index (χ0) is 29.9. The molecule has 0 atom stereocenters. The van der Waals surface area contributed by atoms with E-state index in [9.17, 15) is 29.4 Å². The number of phenolic OH excluding ortho intramolecular Hbond substituents is 2. The highest BCUT2D eigenvalue weighted by molar-refractivity contribution is 6.12. The highest BCUT2D eigenvalue weighted by Gasteiger charge is 2.16. The van der Waals surface area contributed by atoms with Crippen LogP contribution in [-0.2, 0) is 0 Å². The van der Waals surface area contributed by atoms with Crippen LogP contribution in [0.15, 0.2) is 110 Å². The molecule has 0 saturated heterocycles. The number of para-hydroxylation sites is 1. The molecule has 0 saturated carbocycles. The van der Waals surface area contributed by atoms with Crippen molar-refractivity contribution in [3.63, 3.8) is 0 Å². The molecule has 210 valence electrons. The number of hydrogen-bond acceptors (Lipinski definition) is 8. The summed E-state index contributed by atoms with van der Waals surface area (Å²) >= 11 is 0. The number of benzene rings is 3. The van der Waals surface area contributed by atoms with Gasteiger partial charge in [-0.15, -0.1) is 0 Å². The number of ketones is 2. The van der Waals surface area contributed by atoms with Gasteiger partial charge in [-0.3, -0.25) is 29.1 Å². The molecule has 5 rings (SSSR count). The summed E-state index contributed by atoms with van der Waals surface area (Å²) in [5.74, 6) is -1.65. The number of nitrogens with one attached hydrogen (secondary N) is 2. The van der Waals surface area contributed by atoms with E-state index >= 15 is 0 Å². The summed E-state index contributed by atoms with van der Waals surface area (Å²) in [5.41, 5.74) is 1.17. The maximum atomic E-state index is 12.4. The van der Waals surface area contributed by atoms with Crippen LogP contribution in [0.1, 0.15) is 41.4 Å². The lowest BCUT2D eigenvalue weighted by Gasteiger charge is -2.09. The van der Waals surface area contributed by atoms with Gasteiger partial charge in [-0.1, -0.05) is 42.5 Å². The molecule has 2 amide bonds. The van der Waals surface area contributed by atoms with Crippen LogP contribution in [0.4, 0.5) is 0 Å². The largest absolute Gasteiger partial charge is 0.507 e. The topological polar surface area (TPSA) is 159 Å². The van der Waals surface area contributed by atoms with Crippen molar-refractivity contribution in [2.75, 3.05) is 13.1 Å². The van der Waals surface area contributed by atoms with Gasteiger partial charge < -0.3 is 20.8 Å². The molecule has 0 fully saturated rings. The first-order chi connectivity index (χ1) is 20.3. The van der Waals surface area contributed by atoms with Crippen molar-refractivity contribution in [2.24, 2.45) is 0 Å². The fourth-order valence-electron chi connectivity index (χ4n) is 3.97. The molecule has 0 aliphatic rings. The number of hydrogen-bond donors (Lipinski definition) is 4. The number of aromatic hydroxyl groups is 2. The van der Waals surface area contributed by atoms with Crippen LogP contribution in [0.3, 0.4) is 0 Å². The molecule has 0 unspecified atom stereocenters. The van der Waals surface area contributed by atoms with Crippen molar-refractivity contribution in [3.05, 3.63) is 132 Å². The molecular formula is C32H26N4O6. The Hall–Kier alpha value is -5.90. The number of aromatic nitrogens is 2. The highest BCUT2D eigenvalue weighted by atomic mass is 16.3. The van der Waals surface area contributed by atoms with E-state index in [0.717, 1.165) is 5.39 Å². The summed E-state index contributed by atoms with van der Waals surface area (Å²) < 4.78 is 0. The fourth-order valence-corrected chi connectivity index (χ4v) is 3.97. The van der Waals surface area contributed by atoms with E-state index in [4.69, 9.17) is 0 Å². The van der Waals surface area contributed by atoms with Gasteiger partial charge in [0.05, 0.1) is 35.3 Å². The lowest BCUT2D eigenvalue weighted by atomic mass is 10.00. The Labute approximate surface area is 240 Å². The van der Waals surface area contributed by atoms with Crippen LogP contribution >= 0.6 is 0 Å². The van der Waals surface area contributed by atoms with E-state index in [1.807, 2.05) is 12.1 Å². The lowest BCUT2D eigenvalue weighted by molar-refractivity contribution is 0.0902. The predicted octanol–water partition coefficient (Wildman–Crippen LogP) is 3.95. The molecule has 0 bridgehead atoms. The van der Waals surface area contributed by atoms with Crippen LogP contribution in [-0.4, -0.2) is 56.7 Å². The number of phenols is 2. The third-order valence-electron chi connectivity index (χ3n) is 6.06. The summed E-state index contributed by atoms with van der Waals surface area (Å²) in [4.78, 5) is 55.6. The third kappa shape index (κ3) is 7.39. The number of carbonyl (C=O) groups excluding carboxylic acids is 4. The van der Waals surface area contributed by atoms with Crippen molar-refractivity contribution < 1.29 is 29.4 Å². The van der Waals surface area contributed by atoms with Gasteiger partial charge in [-0.05, 0) is 53.2 Å². The average Bonchev–Trinajstić information content (AvgIpc) is 3.03. The van der Waals surface area contributed by atoms with Crippen molar-refractivity contribution in [1.29, 1.82) is 0 Å². The van der Waals surface area contributed by atoms with Crippen LogP contribution in [0.2, 0.25) is 0 Å². The van der Waals surface area contributed by atoms with Gasteiger partial charge in [0.15, 0.2) is 11.6 Å². The van der Waals surface area contributed by atoms with Gasteiger partial charge in [0.2, 0.25) is 0 Å². The lowest BCUT2D eigenvalue weighted by Crippen LogP contribution is -2.29. The Kier molecular flexibility index (Phi) is 9.66. The van der Waals surface area contributed by atoms with Crippen LogP contribution < -0.4 is 10.6 Å². The standard InChI is InChI=1S/C18H14N2O3.C14H12N2O3/c21-15-8-7-12-4-1-2-6-14(12)17(15)16(22)11-20-18(23)13-5-3-9-19-10-13;17-12-6-2-1-5-11(12)13(18)9-16-14(19)10-4-3-7-15-8-10/h1-10,21H,11H2,(H,20,23);1-8,17H,9H2,(H,16,19). The molecule has 10 heteroatoms. The fraction of sp³-hybridized carbons (Fsp3) is 0.0625. The second kappa shape index (κ2) is 13.9. The summed E-state index contributed by atoms with van der Waals surface area (Å²) in [7, 11) is 0. The quantitative estimate of drug-likeness (QED) is 0.207. The Bertz CT molecular complexity index is 1730. The SMILES string of the molecule is O=C(NCC(=O)c1c(O)ccc2ccccc12)c1cccnc1.O=C(NCC(=O)c1ccccc1O)c1cccnc1. The molecule has 3 aromatic carbocycles. The Balaban J connectivity index is 0.000000197. The summed E-state index contributed by atoms with van der Waals surface area (Å²) in [6.45, 7) is -0.374. The molecule has 2 aromatic heterocycles. The molecule has 0 aliphatic heterocycles. The van der Waals surface area contributed by atoms with E-state index < -0.39 is 0 Å². The molecule has 0 aliphatic carbocycles. The van der Waals surface area contributed by atoms with Crippen molar-refractivity contribution >= 4 is 34.2 Å². The van der Waals surface area contributed by atoms with Crippen LogP contribution in [0, 0.1) is 0 Å². The van der Waals surface area contributed by atoms with E-state index in [2.05, 4.69) is 20.6 Å². The molecular weight excluding hydrogens is 536 g/mol. The minimum atomic E-state index is -0.383. The van der Waals surface area contributed by atoms with Crippen molar-refractivity contribution in [1.82, 2.24) is 20.6 Å². The zero-order valence-corrected chi connectivity index (χ0v) is 22.2. The van der Waals surface area contributed by atoms with Gasteiger partial charge in [0, 0.05) is 24.8 Å². The number of Topliss-reactive ketones (excluding diaryl/α,β-unsaturated/α-hetero) is 2. The monoisotopic (exact) mass is 562 g/mol. The number of rotatable bonds is 8. The molecule has 42 heavy (non-hydrogen) atoms. The molecule has 0 spiro atoms. The second-order valence-corrected chi connectivity index (χ2v) is 8.89. The number of amides is 2.